The maximum Gasteiger partial charge on any atom is 0.252 e. The molecule has 0 aliphatic carbocycles. The minimum atomic E-state index is -0.400. The third-order valence-electron chi connectivity index (χ3n) is 3.51. The van der Waals surface area contributed by atoms with E-state index in [0.29, 0.717) is 24.6 Å². The van der Waals surface area contributed by atoms with Crippen LogP contribution < -0.4 is 5.32 Å². The van der Waals surface area contributed by atoms with E-state index in [2.05, 4.69) is 20.4 Å². The van der Waals surface area contributed by atoms with Crippen LogP contribution in [0.4, 0.5) is 0 Å². The zero-order valence-corrected chi connectivity index (χ0v) is 13.5. The van der Waals surface area contributed by atoms with E-state index in [1.807, 2.05) is 33.8 Å². The van der Waals surface area contributed by atoms with Crippen molar-refractivity contribution in [3.63, 3.8) is 0 Å². The molecule has 0 bridgehead atoms. The van der Waals surface area contributed by atoms with Gasteiger partial charge in [-0.25, -0.2) is 9.50 Å². The molecule has 7 nitrogen and oxygen atoms in total. The predicted molar refractivity (Wildman–Crippen MR) is 82.4 cm³/mol. The lowest BCUT2D eigenvalue weighted by atomic mass is 10.0. The third-order valence-corrected chi connectivity index (χ3v) is 3.51. The number of carbonyl (C=O) groups is 1. The Morgan fingerprint density at radius 3 is 2.77 bits per heavy atom. The smallest absolute Gasteiger partial charge is 0.252 e. The van der Waals surface area contributed by atoms with E-state index < -0.39 is 6.10 Å². The van der Waals surface area contributed by atoms with Crippen LogP contribution >= 0.6 is 0 Å². The van der Waals surface area contributed by atoms with E-state index in [0.717, 1.165) is 11.4 Å². The highest BCUT2D eigenvalue weighted by atomic mass is 16.3. The van der Waals surface area contributed by atoms with Gasteiger partial charge in [-0.1, -0.05) is 13.8 Å². The molecular formula is C15H23N5O2. The highest BCUT2D eigenvalue weighted by Crippen LogP contribution is 2.06. The molecule has 0 fully saturated rings. The van der Waals surface area contributed by atoms with Crippen molar-refractivity contribution in [1.29, 1.82) is 0 Å². The lowest BCUT2D eigenvalue weighted by Crippen LogP contribution is -2.30. The van der Waals surface area contributed by atoms with E-state index in [4.69, 9.17) is 0 Å². The number of nitrogens with one attached hydrogen (secondary N) is 1. The Kier molecular flexibility index (Phi) is 5.07. The highest BCUT2D eigenvalue weighted by molar-refractivity contribution is 5.77. The van der Waals surface area contributed by atoms with Gasteiger partial charge in [-0.15, -0.1) is 5.10 Å². The number of aliphatic hydroxyl groups is 1. The molecule has 0 saturated carbocycles. The highest BCUT2D eigenvalue weighted by Gasteiger charge is 2.13. The van der Waals surface area contributed by atoms with Gasteiger partial charge < -0.3 is 10.4 Å². The molecule has 1 unspecified atom stereocenters. The molecule has 0 aliphatic rings. The minimum Gasteiger partial charge on any atom is -0.393 e. The first-order valence-corrected chi connectivity index (χ1v) is 7.51. The summed E-state index contributed by atoms with van der Waals surface area (Å²) in [6.45, 7) is 8.17. The maximum atomic E-state index is 11.9. The summed E-state index contributed by atoms with van der Waals surface area (Å²) in [4.78, 5) is 20.5. The van der Waals surface area contributed by atoms with Gasteiger partial charge in [0.1, 0.15) is 0 Å². The Labute approximate surface area is 129 Å². The monoisotopic (exact) mass is 305 g/mol. The number of nitrogens with zero attached hydrogens (tertiary/aromatic N) is 4. The number of carbonyl (C=O) groups excluding carboxylic acids is 1. The second-order valence-electron chi connectivity index (χ2n) is 5.91. The van der Waals surface area contributed by atoms with Crippen molar-refractivity contribution < 1.29 is 9.90 Å². The molecular weight excluding hydrogens is 282 g/mol. The van der Waals surface area contributed by atoms with E-state index >= 15 is 0 Å². The zero-order valence-electron chi connectivity index (χ0n) is 13.5. The summed E-state index contributed by atoms with van der Waals surface area (Å²) in [5, 5.41) is 16.8. The molecule has 0 spiro atoms. The van der Waals surface area contributed by atoms with Crippen LogP contribution in [0.3, 0.4) is 0 Å². The predicted octanol–water partition coefficient (Wildman–Crippen LogP) is 0.807. The first kappa shape index (κ1) is 16.4. The zero-order chi connectivity index (χ0) is 16.3. The molecule has 0 radical (unpaired) electrons. The van der Waals surface area contributed by atoms with Crippen LogP contribution in [0.15, 0.2) is 6.07 Å². The number of amides is 1. The van der Waals surface area contributed by atoms with Gasteiger partial charge in [0.25, 0.3) is 5.78 Å². The summed E-state index contributed by atoms with van der Waals surface area (Å²) in [5.74, 6) is 0.995. The van der Waals surface area contributed by atoms with Crippen LogP contribution in [-0.2, 0) is 11.2 Å². The van der Waals surface area contributed by atoms with Crippen LogP contribution in [0.5, 0.6) is 0 Å². The van der Waals surface area contributed by atoms with Gasteiger partial charge in [-0.2, -0.15) is 4.98 Å². The van der Waals surface area contributed by atoms with E-state index in [1.165, 1.54) is 0 Å². The van der Waals surface area contributed by atoms with Crippen molar-refractivity contribution in [3.8, 4) is 0 Å². The van der Waals surface area contributed by atoms with E-state index in [-0.39, 0.29) is 18.2 Å². The fourth-order valence-corrected chi connectivity index (χ4v) is 2.18. The van der Waals surface area contributed by atoms with Gasteiger partial charge in [0.2, 0.25) is 5.91 Å². The summed E-state index contributed by atoms with van der Waals surface area (Å²) < 4.78 is 1.64. The Bertz CT molecular complexity index is 665. The van der Waals surface area contributed by atoms with Gasteiger partial charge in [-0.05, 0) is 32.3 Å². The Morgan fingerprint density at radius 1 is 1.36 bits per heavy atom. The fraction of sp³-hybridized carbons (Fsp3) is 0.600. The van der Waals surface area contributed by atoms with Crippen molar-refractivity contribution >= 4 is 11.7 Å². The second-order valence-corrected chi connectivity index (χ2v) is 5.91. The van der Waals surface area contributed by atoms with Crippen LogP contribution in [-0.4, -0.2) is 43.2 Å². The van der Waals surface area contributed by atoms with Gasteiger partial charge in [0, 0.05) is 17.9 Å². The molecule has 22 heavy (non-hydrogen) atoms. The van der Waals surface area contributed by atoms with Gasteiger partial charge in [-0.3, -0.25) is 4.79 Å². The molecule has 2 N–H and O–H groups in total. The molecule has 1 atom stereocenters. The largest absolute Gasteiger partial charge is 0.393 e. The Morgan fingerprint density at radius 2 is 2.09 bits per heavy atom. The molecule has 0 saturated heterocycles. The summed E-state index contributed by atoms with van der Waals surface area (Å²) in [6, 6.07) is 1.92. The van der Waals surface area contributed by atoms with Crippen molar-refractivity contribution in [2.24, 2.45) is 5.92 Å². The first-order chi connectivity index (χ1) is 10.4. The minimum absolute atomic E-state index is 0.111. The maximum absolute atomic E-state index is 11.9. The topological polar surface area (TPSA) is 92.4 Å². The number of aryl methyl sites for hydroxylation is 2. The van der Waals surface area contributed by atoms with Gasteiger partial charge >= 0.3 is 0 Å². The van der Waals surface area contributed by atoms with E-state index in [9.17, 15) is 9.90 Å². The number of fused-ring (bicyclic) bond motifs is 1. The molecule has 120 valence electrons. The third kappa shape index (κ3) is 4.00. The average molecular weight is 305 g/mol. The molecule has 2 aromatic rings. The molecule has 0 aliphatic heterocycles. The SMILES string of the molecule is Cc1cc(C)n2nc(CC(=O)NCCC(O)C(C)C)nc2n1. The summed E-state index contributed by atoms with van der Waals surface area (Å²) in [5.41, 5.74) is 1.80. The number of aromatic nitrogens is 4. The first-order valence-electron chi connectivity index (χ1n) is 7.51. The normalized spacial score (nSPS) is 12.8. The van der Waals surface area contributed by atoms with Crippen molar-refractivity contribution in [3.05, 3.63) is 23.3 Å². The van der Waals surface area contributed by atoms with Crippen molar-refractivity contribution in [2.75, 3.05) is 6.54 Å². The van der Waals surface area contributed by atoms with Crippen LogP contribution in [0.2, 0.25) is 0 Å². The number of aliphatic hydroxyl groups excluding tert-OH is 1. The van der Waals surface area contributed by atoms with Gasteiger partial charge in [0.05, 0.1) is 12.5 Å². The molecule has 2 heterocycles. The lowest BCUT2D eigenvalue weighted by Gasteiger charge is -2.14. The molecule has 0 aromatic carbocycles. The Balaban J connectivity index is 1.93. The summed E-state index contributed by atoms with van der Waals surface area (Å²) in [6.07, 6.45) is 0.255. The molecule has 2 aromatic heterocycles. The average Bonchev–Trinajstić information content (AvgIpc) is 2.80. The molecule has 2 rings (SSSR count). The van der Waals surface area contributed by atoms with Crippen LogP contribution in [0.25, 0.3) is 5.78 Å². The van der Waals surface area contributed by atoms with Crippen LogP contribution in [0, 0.1) is 19.8 Å². The number of hydrogen-bond acceptors (Lipinski definition) is 5. The van der Waals surface area contributed by atoms with Crippen molar-refractivity contribution in [1.82, 2.24) is 24.9 Å². The number of rotatable bonds is 6. The lowest BCUT2D eigenvalue weighted by molar-refractivity contribution is -0.120. The van der Waals surface area contributed by atoms with Crippen LogP contribution in [0.1, 0.15) is 37.5 Å². The second kappa shape index (κ2) is 6.83. The Hall–Kier alpha value is -2.02. The van der Waals surface area contributed by atoms with E-state index in [1.54, 1.807) is 4.52 Å². The standard InChI is InChI=1S/C15H23N5O2/c1-9(2)12(21)5-6-16-14(22)8-13-18-15-17-10(3)7-11(4)20(15)19-13/h7,9,12,21H,5-6,8H2,1-4H3,(H,16,22). The molecule has 1 amide bonds. The van der Waals surface area contributed by atoms with Gasteiger partial charge in [0.15, 0.2) is 5.82 Å². The van der Waals surface area contributed by atoms with Crippen molar-refractivity contribution in [2.45, 2.75) is 46.6 Å². The number of hydrogen-bond donors (Lipinski definition) is 2. The fourth-order valence-electron chi connectivity index (χ4n) is 2.18. The summed E-state index contributed by atoms with van der Waals surface area (Å²) in [7, 11) is 0. The quantitative estimate of drug-likeness (QED) is 0.824. The summed E-state index contributed by atoms with van der Waals surface area (Å²) >= 11 is 0. The molecule has 7 heteroatoms.